The van der Waals surface area contributed by atoms with Gasteiger partial charge >= 0.3 is 0 Å². The maximum absolute atomic E-state index is 7.19. The second kappa shape index (κ2) is 13.2. The Hall–Kier alpha value is -7.83. The van der Waals surface area contributed by atoms with Gasteiger partial charge < -0.3 is 14.9 Å². The zero-order chi connectivity index (χ0) is 37.9. The molecule has 6 heteroatoms. The molecule has 2 N–H and O–H groups in total. The lowest BCUT2D eigenvalue weighted by molar-refractivity contribution is 1.07. The summed E-state index contributed by atoms with van der Waals surface area (Å²) in [5, 5.41) is 4.70. The first-order chi connectivity index (χ1) is 28.2. The molecule has 0 aliphatic heterocycles. The molecule has 0 atom stereocenters. The van der Waals surface area contributed by atoms with E-state index in [4.69, 9.17) is 20.7 Å². The average molecular weight is 731 g/mol. The van der Waals surface area contributed by atoms with E-state index >= 15 is 0 Å². The van der Waals surface area contributed by atoms with Crippen molar-refractivity contribution in [3.8, 4) is 56.7 Å². The molecule has 11 rings (SSSR count). The van der Waals surface area contributed by atoms with Crippen LogP contribution >= 0.6 is 0 Å². The Morgan fingerprint density at radius 3 is 1.65 bits per heavy atom. The van der Waals surface area contributed by atoms with E-state index in [2.05, 4.69) is 137 Å². The van der Waals surface area contributed by atoms with Crippen LogP contribution in [0.25, 0.3) is 100 Å². The Morgan fingerprint density at radius 1 is 0.368 bits per heavy atom. The molecule has 0 amide bonds. The minimum absolute atomic E-state index is 0.551. The summed E-state index contributed by atoms with van der Waals surface area (Å²) in [7, 11) is 0. The van der Waals surface area contributed by atoms with Gasteiger partial charge in [-0.1, -0.05) is 146 Å². The molecule has 0 saturated heterocycles. The molecule has 0 fully saturated rings. The Bertz CT molecular complexity index is 3290. The summed E-state index contributed by atoms with van der Waals surface area (Å²) in [5.74, 6) is 1.75. The highest BCUT2D eigenvalue weighted by molar-refractivity contribution is 6.26. The van der Waals surface area contributed by atoms with E-state index in [-0.39, 0.29) is 0 Å². The van der Waals surface area contributed by atoms with Gasteiger partial charge in [0.15, 0.2) is 17.5 Å². The van der Waals surface area contributed by atoms with E-state index in [0.29, 0.717) is 23.2 Å². The van der Waals surface area contributed by atoms with Crippen LogP contribution < -0.4 is 5.73 Å². The Morgan fingerprint density at radius 2 is 0.930 bits per heavy atom. The summed E-state index contributed by atoms with van der Waals surface area (Å²) in [5.41, 5.74) is 19.1. The van der Waals surface area contributed by atoms with Crippen molar-refractivity contribution in [2.45, 2.75) is 0 Å². The fourth-order valence-electron chi connectivity index (χ4n) is 8.40. The third-order valence-electron chi connectivity index (χ3n) is 10.9. The molecule has 0 aliphatic rings. The largest absolute Gasteiger partial charge is 0.397 e. The standard InChI is InChI=1S/C51H34N6/c52-42-32-35(50-53-49(34-18-6-2-7-19-34)54-51(55-50)40-24-11-10-22-37(40)33-16-4-1-5-17-33)28-30-45(42)57-43-26-14-12-23-38(43)39-29-31-46-47(48(39)57)41-25-13-15-27-44(41)56(46)36-20-8-3-9-21-36/h1-32H,52H2. The van der Waals surface area contributed by atoms with Gasteiger partial charge in [0.25, 0.3) is 0 Å². The van der Waals surface area contributed by atoms with E-state index in [1.165, 1.54) is 21.5 Å². The number of anilines is 1. The first-order valence-electron chi connectivity index (χ1n) is 19.1. The maximum atomic E-state index is 7.19. The quantitative estimate of drug-likeness (QED) is 0.173. The SMILES string of the molecule is Nc1cc(-c2nc(-c3ccccc3)nc(-c3ccccc3-c3ccccc3)n2)ccc1-n1c2ccccc2c2ccc3c(c4ccccc4n3-c3ccccc3)c21. The number of aromatic nitrogens is 5. The maximum Gasteiger partial charge on any atom is 0.164 e. The van der Waals surface area contributed by atoms with Crippen molar-refractivity contribution in [3.05, 3.63) is 194 Å². The van der Waals surface area contributed by atoms with E-state index in [1.54, 1.807) is 0 Å². The molecule has 268 valence electrons. The van der Waals surface area contributed by atoms with Gasteiger partial charge in [0.2, 0.25) is 0 Å². The van der Waals surface area contributed by atoms with Gasteiger partial charge in [-0.05, 0) is 59.7 Å². The van der Waals surface area contributed by atoms with Crippen LogP contribution in [0, 0.1) is 0 Å². The predicted octanol–water partition coefficient (Wildman–Crippen LogP) is 12.3. The van der Waals surface area contributed by atoms with Gasteiger partial charge in [0, 0.05) is 43.9 Å². The van der Waals surface area contributed by atoms with Gasteiger partial charge in [0.05, 0.1) is 33.4 Å². The highest BCUT2D eigenvalue weighted by Gasteiger charge is 2.22. The van der Waals surface area contributed by atoms with Crippen molar-refractivity contribution in [2.24, 2.45) is 0 Å². The fraction of sp³-hybridized carbons (Fsp3) is 0. The minimum Gasteiger partial charge on any atom is -0.397 e. The van der Waals surface area contributed by atoms with Crippen molar-refractivity contribution in [3.63, 3.8) is 0 Å². The number of rotatable bonds is 6. The molecule has 0 spiro atoms. The highest BCUT2D eigenvalue weighted by Crippen LogP contribution is 2.43. The van der Waals surface area contributed by atoms with Crippen molar-refractivity contribution in [1.29, 1.82) is 0 Å². The van der Waals surface area contributed by atoms with E-state index in [0.717, 1.165) is 61.3 Å². The molecular formula is C51H34N6. The third kappa shape index (κ3) is 5.30. The zero-order valence-corrected chi connectivity index (χ0v) is 30.8. The number of benzene rings is 8. The second-order valence-electron chi connectivity index (χ2n) is 14.3. The van der Waals surface area contributed by atoms with Crippen LogP contribution in [0.2, 0.25) is 0 Å². The summed E-state index contributed by atoms with van der Waals surface area (Å²) >= 11 is 0. The molecular weight excluding hydrogens is 697 g/mol. The van der Waals surface area contributed by atoms with Gasteiger partial charge in [-0.3, -0.25) is 0 Å². The van der Waals surface area contributed by atoms with Crippen LogP contribution in [0.1, 0.15) is 0 Å². The zero-order valence-electron chi connectivity index (χ0n) is 30.8. The van der Waals surface area contributed by atoms with Gasteiger partial charge in [-0.25, -0.2) is 15.0 Å². The highest BCUT2D eigenvalue weighted by atomic mass is 15.0. The number of nitrogens with two attached hydrogens (primary N) is 1. The van der Waals surface area contributed by atoms with Crippen molar-refractivity contribution in [1.82, 2.24) is 24.1 Å². The molecule has 0 radical (unpaired) electrons. The topological polar surface area (TPSA) is 74.6 Å². The summed E-state index contributed by atoms with van der Waals surface area (Å²) in [6.07, 6.45) is 0. The predicted molar refractivity (Wildman–Crippen MR) is 235 cm³/mol. The first kappa shape index (κ1) is 32.6. The number of nitrogen functional groups attached to an aromatic ring is 1. The number of nitrogens with zero attached hydrogens (tertiary/aromatic N) is 5. The lowest BCUT2D eigenvalue weighted by Gasteiger charge is -2.14. The van der Waals surface area contributed by atoms with Crippen molar-refractivity contribution >= 4 is 49.3 Å². The second-order valence-corrected chi connectivity index (χ2v) is 14.3. The van der Waals surface area contributed by atoms with Crippen LogP contribution in [0.4, 0.5) is 5.69 Å². The van der Waals surface area contributed by atoms with E-state index in [1.807, 2.05) is 66.7 Å². The van der Waals surface area contributed by atoms with Crippen LogP contribution in [0.15, 0.2) is 194 Å². The normalized spacial score (nSPS) is 11.6. The summed E-state index contributed by atoms with van der Waals surface area (Å²) in [6.45, 7) is 0. The lowest BCUT2D eigenvalue weighted by Crippen LogP contribution is -2.03. The molecule has 0 unspecified atom stereocenters. The van der Waals surface area contributed by atoms with Crippen LogP contribution in [-0.2, 0) is 0 Å². The minimum atomic E-state index is 0.551. The molecule has 3 aromatic heterocycles. The molecule has 6 nitrogen and oxygen atoms in total. The molecule has 8 aromatic carbocycles. The molecule has 0 bridgehead atoms. The molecule has 3 heterocycles. The summed E-state index contributed by atoms with van der Waals surface area (Å²) in [4.78, 5) is 15.2. The lowest BCUT2D eigenvalue weighted by atomic mass is 9.99. The number of hydrogen-bond acceptors (Lipinski definition) is 4. The smallest absolute Gasteiger partial charge is 0.164 e. The average Bonchev–Trinajstić information content (AvgIpc) is 3.80. The van der Waals surface area contributed by atoms with Gasteiger partial charge in [0.1, 0.15) is 0 Å². The number of para-hydroxylation sites is 3. The molecule has 0 aliphatic carbocycles. The van der Waals surface area contributed by atoms with E-state index in [9.17, 15) is 0 Å². The van der Waals surface area contributed by atoms with Crippen molar-refractivity contribution < 1.29 is 0 Å². The van der Waals surface area contributed by atoms with E-state index < -0.39 is 0 Å². The first-order valence-corrected chi connectivity index (χ1v) is 19.1. The Labute approximate surface area is 328 Å². The van der Waals surface area contributed by atoms with Gasteiger partial charge in [-0.2, -0.15) is 0 Å². The van der Waals surface area contributed by atoms with Crippen LogP contribution in [0.3, 0.4) is 0 Å². The third-order valence-corrected chi connectivity index (χ3v) is 10.9. The molecule has 57 heavy (non-hydrogen) atoms. The number of hydrogen-bond donors (Lipinski definition) is 1. The summed E-state index contributed by atoms with van der Waals surface area (Å²) < 4.78 is 4.69. The van der Waals surface area contributed by atoms with Crippen LogP contribution in [0.5, 0.6) is 0 Å². The fourth-order valence-corrected chi connectivity index (χ4v) is 8.40. The number of fused-ring (bicyclic) bond motifs is 7. The Balaban J connectivity index is 1.13. The molecule has 0 saturated carbocycles. The monoisotopic (exact) mass is 730 g/mol. The van der Waals surface area contributed by atoms with Crippen LogP contribution in [-0.4, -0.2) is 24.1 Å². The van der Waals surface area contributed by atoms with Gasteiger partial charge in [-0.15, -0.1) is 0 Å². The summed E-state index contributed by atoms with van der Waals surface area (Å²) in [6, 6.07) is 67.2. The Kier molecular flexibility index (Phi) is 7.54. The van der Waals surface area contributed by atoms with Crippen molar-refractivity contribution in [2.75, 3.05) is 5.73 Å². The molecule has 11 aromatic rings.